The summed E-state index contributed by atoms with van der Waals surface area (Å²) in [5.41, 5.74) is 0.0306. The zero-order valence-electron chi connectivity index (χ0n) is 14.7. The van der Waals surface area contributed by atoms with E-state index >= 15 is 0 Å². The summed E-state index contributed by atoms with van der Waals surface area (Å²) in [6.07, 6.45) is 6.34. The lowest BCUT2D eigenvalue weighted by Gasteiger charge is -2.54. The van der Waals surface area contributed by atoms with Crippen LogP contribution in [-0.4, -0.2) is 35.0 Å². The number of piperidine rings is 1. The van der Waals surface area contributed by atoms with Crippen molar-refractivity contribution < 1.29 is 9.57 Å². The summed E-state index contributed by atoms with van der Waals surface area (Å²) in [5, 5.41) is 2.20. The Morgan fingerprint density at radius 3 is 2.05 bits per heavy atom. The van der Waals surface area contributed by atoms with Gasteiger partial charge in [-0.05, 0) is 60.8 Å². The number of ether oxygens (including phenoxy) is 1. The van der Waals surface area contributed by atoms with Crippen LogP contribution in [0, 0.1) is 0 Å². The largest absolute Gasteiger partial charge is 0.378 e. The molecule has 0 saturated carbocycles. The van der Waals surface area contributed by atoms with Crippen LogP contribution in [0.25, 0.3) is 0 Å². The molecule has 1 fully saturated rings. The zero-order valence-corrected chi connectivity index (χ0v) is 14.7. The summed E-state index contributed by atoms with van der Waals surface area (Å²) in [5.74, 6) is 0. The molecule has 1 rings (SSSR count). The fraction of sp³-hybridized carbons (Fsp3) is 1.00. The Kier molecular flexibility index (Phi) is 6.49. The molecule has 1 saturated heterocycles. The minimum atomic E-state index is 0.0153. The molecule has 0 atom stereocenters. The summed E-state index contributed by atoms with van der Waals surface area (Å²) in [7, 11) is 0. The first-order valence-corrected chi connectivity index (χ1v) is 8.28. The van der Waals surface area contributed by atoms with E-state index in [1.165, 1.54) is 19.3 Å². The monoisotopic (exact) mass is 285 g/mol. The van der Waals surface area contributed by atoms with E-state index in [9.17, 15) is 0 Å². The van der Waals surface area contributed by atoms with E-state index in [1.807, 2.05) is 0 Å². The van der Waals surface area contributed by atoms with Gasteiger partial charge in [-0.1, -0.05) is 19.8 Å². The van der Waals surface area contributed by atoms with Gasteiger partial charge in [-0.15, -0.1) is 0 Å². The minimum Gasteiger partial charge on any atom is -0.378 e. The van der Waals surface area contributed by atoms with Gasteiger partial charge >= 0.3 is 0 Å². The molecule has 0 radical (unpaired) electrons. The lowest BCUT2D eigenvalue weighted by molar-refractivity contribution is -0.310. The first-order valence-electron chi connectivity index (χ1n) is 8.28. The summed E-state index contributed by atoms with van der Waals surface area (Å²) < 4.78 is 6.13. The van der Waals surface area contributed by atoms with Gasteiger partial charge < -0.3 is 4.74 Å². The molecule has 0 aliphatic carbocycles. The smallest absolute Gasteiger partial charge is 0.0737 e. The van der Waals surface area contributed by atoms with E-state index in [4.69, 9.17) is 9.57 Å². The Morgan fingerprint density at radius 2 is 1.60 bits per heavy atom. The average molecular weight is 285 g/mol. The maximum atomic E-state index is 6.13. The predicted molar refractivity (Wildman–Crippen MR) is 84.7 cm³/mol. The van der Waals surface area contributed by atoms with E-state index in [0.29, 0.717) is 6.10 Å². The van der Waals surface area contributed by atoms with Crippen LogP contribution in [0.1, 0.15) is 80.6 Å². The molecule has 3 heteroatoms. The second kappa shape index (κ2) is 7.24. The SMILES string of the molecule is CCCCCOC1CC(C)(C)N(OC(C)C)C(C)(C)C1. The quantitative estimate of drug-likeness (QED) is 0.640. The van der Waals surface area contributed by atoms with Crippen molar-refractivity contribution in [2.75, 3.05) is 6.61 Å². The molecule has 0 aromatic rings. The number of rotatable bonds is 7. The molecule has 1 aliphatic rings. The van der Waals surface area contributed by atoms with Crippen LogP contribution in [-0.2, 0) is 9.57 Å². The minimum absolute atomic E-state index is 0.0153. The molecule has 0 spiro atoms. The molecule has 0 aromatic carbocycles. The maximum Gasteiger partial charge on any atom is 0.0737 e. The van der Waals surface area contributed by atoms with E-state index in [0.717, 1.165) is 19.4 Å². The fourth-order valence-electron chi connectivity index (χ4n) is 3.39. The Bertz CT molecular complexity index is 269. The average Bonchev–Trinajstić information content (AvgIpc) is 2.28. The van der Waals surface area contributed by atoms with Crippen molar-refractivity contribution in [2.24, 2.45) is 0 Å². The van der Waals surface area contributed by atoms with E-state index < -0.39 is 0 Å². The molecule has 0 N–H and O–H groups in total. The number of nitrogens with zero attached hydrogens (tertiary/aromatic N) is 1. The summed E-state index contributed by atoms with van der Waals surface area (Å²) >= 11 is 0. The second-order valence-corrected chi connectivity index (χ2v) is 7.68. The maximum absolute atomic E-state index is 6.13. The van der Waals surface area contributed by atoms with Gasteiger partial charge in [0.25, 0.3) is 0 Å². The fourth-order valence-corrected chi connectivity index (χ4v) is 3.39. The van der Waals surface area contributed by atoms with Crippen LogP contribution < -0.4 is 0 Å². The number of unbranched alkanes of at least 4 members (excludes halogenated alkanes) is 2. The normalized spacial score (nSPS) is 23.4. The molecule has 20 heavy (non-hydrogen) atoms. The molecule has 120 valence electrons. The number of hydrogen-bond acceptors (Lipinski definition) is 3. The van der Waals surface area contributed by atoms with Crippen molar-refractivity contribution in [3.05, 3.63) is 0 Å². The third-order valence-electron chi connectivity index (χ3n) is 3.97. The van der Waals surface area contributed by atoms with Gasteiger partial charge in [0.05, 0.1) is 12.2 Å². The van der Waals surface area contributed by atoms with Crippen LogP contribution >= 0.6 is 0 Å². The lowest BCUT2D eigenvalue weighted by Crippen LogP contribution is -2.62. The summed E-state index contributed by atoms with van der Waals surface area (Å²) in [4.78, 5) is 6.09. The first-order chi connectivity index (χ1) is 9.19. The van der Waals surface area contributed by atoms with Gasteiger partial charge in [0.15, 0.2) is 0 Å². The highest BCUT2D eigenvalue weighted by Crippen LogP contribution is 2.40. The Balaban J connectivity index is 2.62. The van der Waals surface area contributed by atoms with Crippen molar-refractivity contribution in [1.29, 1.82) is 0 Å². The molecule has 0 aromatic heterocycles. The van der Waals surface area contributed by atoms with Gasteiger partial charge in [0, 0.05) is 17.7 Å². The standard InChI is InChI=1S/C17H35NO2/c1-8-9-10-11-19-15-12-16(4,5)18(20-14(2)3)17(6,7)13-15/h14-15H,8-13H2,1-7H3. The molecule has 1 heterocycles. The first kappa shape index (κ1) is 17.9. The highest BCUT2D eigenvalue weighted by molar-refractivity contribution is 4.97. The van der Waals surface area contributed by atoms with Crippen molar-refractivity contribution in [3.8, 4) is 0 Å². The van der Waals surface area contributed by atoms with Crippen LogP contribution in [0.5, 0.6) is 0 Å². The molecule has 0 bridgehead atoms. The van der Waals surface area contributed by atoms with Gasteiger partial charge in [0.2, 0.25) is 0 Å². The van der Waals surface area contributed by atoms with Crippen LogP contribution in [0.2, 0.25) is 0 Å². The second-order valence-electron chi connectivity index (χ2n) is 7.68. The van der Waals surface area contributed by atoms with Crippen molar-refractivity contribution in [1.82, 2.24) is 5.06 Å². The summed E-state index contributed by atoms with van der Waals surface area (Å²) in [6.45, 7) is 16.4. The number of hydrogen-bond donors (Lipinski definition) is 0. The number of hydroxylamine groups is 2. The molecule has 1 aliphatic heterocycles. The third kappa shape index (κ3) is 5.01. The van der Waals surface area contributed by atoms with E-state index in [2.05, 4.69) is 53.5 Å². The summed E-state index contributed by atoms with van der Waals surface area (Å²) in [6, 6.07) is 0. The van der Waals surface area contributed by atoms with E-state index in [1.54, 1.807) is 0 Å². The van der Waals surface area contributed by atoms with Crippen LogP contribution in [0.4, 0.5) is 0 Å². The molecule has 3 nitrogen and oxygen atoms in total. The molecular weight excluding hydrogens is 250 g/mol. The molecular formula is C17H35NO2. The van der Waals surface area contributed by atoms with Crippen molar-refractivity contribution in [3.63, 3.8) is 0 Å². The van der Waals surface area contributed by atoms with Crippen LogP contribution in [0.15, 0.2) is 0 Å². The predicted octanol–water partition coefficient (Wildman–Crippen LogP) is 4.55. The Hall–Kier alpha value is -0.120. The van der Waals surface area contributed by atoms with Gasteiger partial charge in [-0.25, -0.2) is 0 Å². The van der Waals surface area contributed by atoms with Crippen LogP contribution in [0.3, 0.4) is 0 Å². The topological polar surface area (TPSA) is 21.7 Å². The highest BCUT2D eigenvalue weighted by Gasteiger charge is 2.47. The van der Waals surface area contributed by atoms with Gasteiger partial charge in [-0.2, -0.15) is 5.06 Å². The van der Waals surface area contributed by atoms with Crippen molar-refractivity contribution in [2.45, 2.75) is 104 Å². The lowest BCUT2D eigenvalue weighted by atomic mass is 9.80. The molecule has 0 amide bonds. The van der Waals surface area contributed by atoms with Gasteiger partial charge in [0.1, 0.15) is 0 Å². The highest BCUT2D eigenvalue weighted by atomic mass is 16.7. The molecule has 0 unspecified atom stereocenters. The van der Waals surface area contributed by atoms with Crippen molar-refractivity contribution >= 4 is 0 Å². The third-order valence-corrected chi connectivity index (χ3v) is 3.97. The zero-order chi connectivity index (χ0) is 15.4. The Morgan fingerprint density at radius 1 is 1.05 bits per heavy atom. The Labute approximate surface area is 126 Å². The van der Waals surface area contributed by atoms with E-state index in [-0.39, 0.29) is 17.2 Å². The van der Waals surface area contributed by atoms with Gasteiger partial charge in [-0.3, -0.25) is 4.84 Å².